The zero-order valence-electron chi connectivity index (χ0n) is 5.78. The molecule has 0 saturated heterocycles. The summed E-state index contributed by atoms with van der Waals surface area (Å²) in [6.07, 6.45) is 0. The predicted molar refractivity (Wildman–Crippen MR) is 36.5 cm³/mol. The van der Waals surface area contributed by atoms with Crippen LogP contribution in [-0.2, 0) is 0 Å². The number of nitrogens with one attached hydrogen (secondary N) is 2. The Morgan fingerprint density at radius 1 is 1.62 bits per heavy atom. The highest BCUT2D eigenvalue weighted by Gasteiger charge is 1.89. The fourth-order valence-corrected chi connectivity index (χ4v) is 0.357. The first-order chi connectivity index (χ1) is 3.63. The molecule has 0 aliphatic rings. The van der Waals surface area contributed by atoms with Gasteiger partial charge in [-0.15, -0.1) is 0 Å². The van der Waals surface area contributed by atoms with Crippen LogP contribution >= 0.6 is 0 Å². The fraction of sp³-hybridized carbons (Fsp3) is 0.833. The van der Waals surface area contributed by atoms with Gasteiger partial charge in [0.25, 0.3) is 0 Å². The first-order valence-electron chi connectivity index (χ1n) is 2.90. The molecule has 0 bridgehead atoms. The summed E-state index contributed by atoms with van der Waals surface area (Å²) in [7, 11) is 0. The van der Waals surface area contributed by atoms with Gasteiger partial charge in [0.2, 0.25) is 0 Å². The number of hydrogen-bond donors (Lipinski definition) is 2. The lowest BCUT2D eigenvalue weighted by Crippen LogP contribution is -2.27. The third-order valence-electron chi connectivity index (χ3n) is 0.775. The van der Waals surface area contributed by atoms with Crippen molar-refractivity contribution in [2.45, 2.75) is 26.8 Å². The van der Waals surface area contributed by atoms with Crippen LogP contribution in [0, 0.1) is 5.41 Å². The molecule has 0 aliphatic heterocycles. The van der Waals surface area contributed by atoms with E-state index in [2.05, 4.69) is 19.2 Å². The van der Waals surface area contributed by atoms with Crippen molar-refractivity contribution in [3.63, 3.8) is 0 Å². The lowest BCUT2D eigenvalue weighted by Gasteiger charge is -2.04. The Morgan fingerprint density at radius 3 is 2.25 bits per heavy atom. The van der Waals surface area contributed by atoms with Gasteiger partial charge < -0.3 is 10.7 Å². The molecular formula is C6H14N2. The Kier molecular flexibility index (Phi) is 3.44. The standard InChI is InChI=1S/C6H14N2/c1-5(2)8-4-6(3)7/h5,7-8H,4H2,1-3H3. The maximum atomic E-state index is 7.03. The third-order valence-corrected chi connectivity index (χ3v) is 0.775. The van der Waals surface area contributed by atoms with E-state index in [4.69, 9.17) is 5.41 Å². The highest BCUT2D eigenvalue weighted by molar-refractivity contribution is 5.80. The van der Waals surface area contributed by atoms with Crippen molar-refractivity contribution in [1.82, 2.24) is 5.32 Å². The second-order valence-corrected chi connectivity index (χ2v) is 2.32. The molecule has 0 aliphatic carbocycles. The molecule has 0 fully saturated rings. The summed E-state index contributed by atoms with van der Waals surface area (Å²) in [4.78, 5) is 0. The van der Waals surface area contributed by atoms with Crippen LogP contribution in [0.4, 0.5) is 0 Å². The van der Waals surface area contributed by atoms with Crippen molar-refractivity contribution in [3.8, 4) is 0 Å². The Labute approximate surface area is 50.8 Å². The van der Waals surface area contributed by atoms with E-state index < -0.39 is 0 Å². The SMILES string of the molecule is CC(=N)CNC(C)C. The molecule has 0 amide bonds. The Hall–Kier alpha value is -0.370. The summed E-state index contributed by atoms with van der Waals surface area (Å²) in [5.74, 6) is 0. The van der Waals surface area contributed by atoms with Gasteiger partial charge in [-0.2, -0.15) is 0 Å². The van der Waals surface area contributed by atoms with Crippen LogP contribution < -0.4 is 5.32 Å². The first kappa shape index (κ1) is 7.63. The van der Waals surface area contributed by atoms with Gasteiger partial charge in [-0.05, 0) is 6.92 Å². The fourth-order valence-electron chi connectivity index (χ4n) is 0.357. The molecule has 2 heteroatoms. The number of rotatable bonds is 3. The molecule has 0 radical (unpaired) electrons. The zero-order chi connectivity index (χ0) is 6.57. The highest BCUT2D eigenvalue weighted by atomic mass is 14.9. The Balaban J connectivity index is 3.05. The van der Waals surface area contributed by atoms with Crippen LogP contribution in [0.1, 0.15) is 20.8 Å². The number of hydrogen-bond acceptors (Lipinski definition) is 2. The first-order valence-corrected chi connectivity index (χ1v) is 2.90. The molecule has 0 aromatic carbocycles. The van der Waals surface area contributed by atoms with Crippen molar-refractivity contribution in [3.05, 3.63) is 0 Å². The summed E-state index contributed by atoms with van der Waals surface area (Å²) in [5, 5.41) is 10.1. The molecule has 0 aromatic heterocycles. The summed E-state index contributed by atoms with van der Waals surface area (Å²) in [6, 6.07) is 0.496. The third kappa shape index (κ3) is 5.63. The van der Waals surface area contributed by atoms with Gasteiger partial charge in [0.15, 0.2) is 0 Å². The van der Waals surface area contributed by atoms with E-state index in [1.807, 2.05) is 0 Å². The maximum Gasteiger partial charge on any atom is 0.0332 e. The Morgan fingerprint density at radius 2 is 2.12 bits per heavy atom. The minimum atomic E-state index is 0.496. The maximum absolute atomic E-state index is 7.03. The largest absolute Gasteiger partial charge is 0.309 e. The molecule has 2 N–H and O–H groups in total. The molecule has 0 atom stereocenters. The van der Waals surface area contributed by atoms with E-state index in [9.17, 15) is 0 Å². The molecule has 0 heterocycles. The van der Waals surface area contributed by atoms with E-state index in [0.29, 0.717) is 11.8 Å². The molecule has 2 nitrogen and oxygen atoms in total. The summed E-state index contributed by atoms with van der Waals surface area (Å²) in [6.45, 7) is 6.67. The van der Waals surface area contributed by atoms with Crippen molar-refractivity contribution in [2.24, 2.45) is 0 Å². The lowest BCUT2D eigenvalue weighted by molar-refractivity contribution is 0.641. The van der Waals surface area contributed by atoms with Crippen LogP contribution in [0.25, 0.3) is 0 Å². The molecule has 0 rings (SSSR count). The topological polar surface area (TPSA) is 35.9 Å². The summed E-state index contributed by atoms with van der Waals surface area (Å²) < 4.78 is 0. The molecule has 0 aromatic rings. The second-order valence-electron chi connectivity index (χ2n) is 2.32. The van der Waals surface area contributed by atoms with Gasteiger partial charge in [0.1, 0.15) is 0 Å². The van der Waals surface area contributed by atoms with Crippen molar-refractivity contribution < 1.29 is 0 Å². The molecule has 8 heavy (non-hydrogen) atoms. The van der Waals surface area contributed by atoms with Gasteiger partial charge in [0, 0.05) is 18.3 Å². The van der Waals surface area contributed by atoms with E-state index in [1.165, 1.54) is 0 Å². The molecule has 0 saturated carbocycles. The molecule has 48 valence electrons. The second kappa shape index (κ2) is 3.61. The minimum Gasteiger partial charge on any atom is -0.309 e. The van der Waals surface area contributed by atoms with E-state index in [-0.39, 0.29) is 0 Å². The molecule has 0 spiro atoms. The summed E-state index contributed by atoms with van der Waals surface area (Å²) >= 11 is 0. The predicted octanol–water partition coefficient (Wildman–Crippen LogP) is 1.02. The monoisotopic (exact) mass is 114 g/mol. The van der Waals surface area contributed by atoms with Crippen LogP contribution in [-0.4, -0.2) is 18.3 Å². The van der Waals surface area contributed by atoms with Gasteiger partial charge in [-0.25, -0.2) is 0 Å². The van der Waals surface area contributed by atoms with Crippen molar-refractivity contribution in [1.29, 1.82) is 5.41 Å². The normalized spacial score (nSPS) is 10.0. The van der Waals surface area contributed by atoms with Crippen LogP contribution in [0.3, 0.4) is 0 Å². The average Bonchev–Trinajstić information content (AvgIpc) is 1.61. The zero-order valence-corrected chi connectivity index (χ0v) is 5.78. The molecule has 0 unspecified atom stereocenters. The minimum absolute atomic E-state index is 0.496. The van der Waals surface area contributed by atoms with Crippen molar-refractivity contribution >= 4 is 5.71 Å². The summed E-state index contributed by atoms with van der Waals surface area (Å²) in [5.41, 5.74) is 0.693. The lowest BCUT2D eigenvalue weighted by atomic mass is 10.3. The Bertz CT molecular complexity index is 76.6. The van der Waals surface area contributed by atoms with E-state index in [1.54, 1.807) is 6.92 Å². The van der Waals surface area contributed by atoms with E-state index in [0.717, 1.165) is 6.54 Å². The van der Waals surface area contributed by atoms with Gasteiger partial charge in [-0.3, -0.25) is 0 Å². The molecular weight excluding hydrogens is 100 g/mol. The van der Waals surface area contributed by atoms with Crippen LogP contribution in [0.15, 0.2) is 0 Å². The van der Waals surface area contributed by atoms with Gasteiger partial charge in [0.05, 0.1) is 0 Å². The van der Waals surface area contributed by atoms with Crippen LogP contribution in [0.2, 0.25) is 0 Å². The average molecular weight is 114 g/mol. The van der Waals surface area contributed by atoms with E-state index >= 15 is 0 Å². The highest BCUT2D eigenvalue weighted by Crippen LogP contribution is 1.74. The van der Waals surface area contributed by atoms with Gasteiger partial charge in [-0.1, -0.05) is 13.8 Å². The van der Waals surface area contributed by atoms with Crippen molar-refractivity contribution in [2.75, 3.05) is 6.54 Å². The quantitative estimate of drug-likeness (QED) is 0.528. The smallest absolute Gasteiger partial charge is 0.0332 e. The van der Waals surface area contributed by atoms with Gasteiger partial charge >= 0.3 is 0 Å². The van der Waals surface area contributed by atoms with Crippen LogP contribution in [0.5, 0.6) is 0 Å².